The van der Waals surface area contributed by atoms with Gasteiger partial charge in [0.05, 0.1) is 12.1 Å². The number of hydrogen-bond acceptors (Lipinski definition) is 4. The lowest BCUT2D eigenvalue weighted by molar-refractivity contribution is 0.293. The SMILES string of the molecule is Clc1cccc(C2=CCN(CCc3nnc4n3CCOc3ccccc3-4)CC2)c1. The number of para-hydroxylation sites is 1. The third-order valence-corrected chi connectivity index (χ3v) is 5.90. The normalized spacial score (nSPS) is 16.4. The van der Waals surface area contributed by atoms with Crippen LogP contribution in [0.25, 0.3) is 17.0 Å². The topological polar surface area (TPSA) is 43.2 Å². The summed E-state index contributed by atoms with van der Waals surface area (Å²) in [5, 5.41) is 9.76. The van der Waals surface area contributed by atoms with E-state index in [0.717, 1.165) is 67.0 Å². The van der Waals surface area contributed by atoms with Crippen LogP contribution < -0.4 is 4.74 Å². The van der Waals surface area contributed by atoms with E-state index in [1.165, 1.54) is 11.1 Å². The monoisotopic (exact) mass is 406 g/mol. The first-order valence-electron chi connectivity index (χ1n) is 10.1. The number of benzene rings is 2. The van der Waals surface area contributed by atoms with Crippen molar-refractivity contribution in [2.24, 2.45) is 0 Å². The average Bonchev–Trinajstić information content (AvgIpc) is 3.06. The van der Waals surface area contributed by atoms with E-state index in [2.05, 4.69) is 43.9 Å². The smallest absolute Gasteiger partial charge is 0.167 e. The van der Waals surface area contributed by atoms with Crippen molar-refractivity contribution >= 4 is 17.2 Å². The van der Waals surface area contributed by atoms with Crippen LogP contribution in [0, 0.1) is 0 Å². The summed E-state index contributed by atoms with van der Waals surface area (Å²) in [6.07, 6.45) is 4.25. The first kappa shape index (κ1) is 18.4. The van der Waals surface area contributed by atoms with Gasteiger partial charge in [-0.25, -0.2) is 0 Å². The number of aromatic nitrogens is 3. The molecule has 0 spiro atoms. The van der Waals surface area contributed by atoms with Gasteiger partial charge in [0, 0.05) is 31.1 Å². The molecule has 5 rings (SSSR count). The van der Waals surface area contributed by atoms with Gasteiger partial charge in [0.1, 0.15) is 18.2 Å². The predicted molar refractivity (Wildman–Crippen MR) is 115 cm³/mol. The summed E-state index contributed by atoms with van der Waals surface area (Å²) in [5.74, 6) is 2.83. The van der Waals surface area contributed by atoms with Gasteiger partial charge in [0.2, 0.25) is 0 Å². The molecule has 6 heteroatoms. The number of rotatable bonds is 4. The van der Waals surface area contributed by atoms with Crippen molar-refractivity contribution in [3.63, 3.8) is 0 Å². The van der Waals surface area contributed by atoms with Gasteiger partial charge in [-0.1, -0.05) is 41.9 Å². The van der Waals surface area contributed by atoms with E-state index in [1.54, 1.807) is 0 Å². The Bertz CT molecular complexity index is 1060. The summed E-state index contributed by atoms with van der Waals surface area (Å²) >= 11 is 6.14. The fourth-order valence-corrected chi connectivity index (χ4v) is 4.29. The van der Waals surface area contributed by atoms with Crippen molar-refractivity contribution < 1.29 is 4.74 Å². The minimum atomic E-state index is 0.643. The molecule has 0 fully saturated rings. The van der Waals surface area contributed by atoms with Gasteiger partial charge in [-0.3, -0.25) is 4.90 Å². The number of nitrogens with zero attached hydrogens (tertiary/aromatic N) is 4. The Morgan fingerprint density at radius 3 is 2.83 bits per heavy atom. The maximum Gasteiger partial charge on any atom is 0.167 e. The second-order valence-corrected chi connectivity index (χ2v) is 7.91. The molecule has 0 radical (unpaired) electrons. The van der Waals surface area contributed by atoms with Crippen LogP contribution in [0.15, 0.2) is 54.6 Å². The van der Waals surface area contributed by atoms with Crippen molar-refractivity contribution in [2.75, 3.05) is 26.2 Å². The Labute approximate surface area is 175 Å². The summed E-state index contributed by atoms with van der Waals surface area (Å²) in [6.45, 7) is 4.40. The molecular weight excluding hydrogens is 384 g/mol. The highest BCUT2D eigenvalue weighted by Crippen LogP contribution is 2.31. The lowest BCUT2D eigenvalue weighted by Crippen LogP contribution is -2.31. The van der Waals surface area contributed by atoms with Crippen LogP contribution >= 0.6 is 11.6 Å². The molecule has 0 N–H and O–H groups in total. The van der Waals surface area contributed by atoms with Gasteiger partial charge >= 0.3 is 0 Å². The Balaban J connectivity index is 1.26. The number of halogens is 1. The van der Waals surface area contributed by atoms with Crippen LogP contribution in [0.4, 0.5) is 0 Å². The van der Waals surface area contributed by atoms with Crippen LogP contribution in [0.5, 0.6) is 5.75 Å². The fraction of sp³-hybridized carbons (Fsp3) is 0.304. The molecule has 0 unspecified atom stereocenters. The van der Waals surface area contributed by atoms with Crippen molar-refractivity contribution in [3.8, 4) is 17.1 Å². The molecule has 5 nitrogen and oxygen atoms in total. The van der Waals surface area contributed by atoms with Crippen molar-refractivity contribution in [1.82, 2.24) is 19.7 Å². The first-order chi connectivity index (χ1) is 14.3. The zero-order valence-electron chi connectivity index (χ0n) is 16.2. The summed E-state index contributed by atoms with van der Waals surface area (Å²) in [7, 11) is 0. The van der Waals surface area contributed by atoms with E-state index in [9.17, 15) is 0 Å². The highest BCUT2D eigenvalue weighted by atomic mass is 35.5. The molecule has 3 heterocycles. The molecule has 2 aliphatic rings. The Morgan fingerprint density at radius 2 is 1.97 bits per heavy atom. The van der Waals surface area contributed by atoms with Gasteiger partial charge in [0.15, 0.2) is 5.82 Å². The molecule has 2 aromatic carbocycles. The average molecular weight is 407 g/mol. The third-order valence-electron chi connectivity index (χ3n) is 5.67. The van der Waals surface area contributed by atoms with Crippen LogP contribution in [0.2, 0.25) is 5.02 Å². The zero-order valence-corrected chi connectivity index (χ0v) is 17.0. The number of hydrogen-bond donors (Lipinski definition) is 0. The molecule has 29 heavy (non-hydrogen) atoms. The second kappa shape index (κ2) is 8.01. The second-order valence-electron chi connectivity index (χ2n) is 7.48. The highest BCUT2D eigenvalue weighted by molar-refractivity contribution is 6.30. The first-order valence-corrected chi connectivity index (χ1v) is 10.5. The molecule has 3 aromatic rings. The number of ether oxygens (including phenoxy) is 1. The van der Waals surface area contributed by atoms with Gasteiger partial charge in [-0.05, 0) is 41.8 Å². The van der Waals surface area contributed by atoms with Crippen molar-refractivity contribution in [2.45, 2.75) is 19.4 Å². The van der Waals surface area contributed by atoms with Crippen molar-refractivity contribution in [3.05, 3.63) is 71.0 Å². The highest BCUT2D eigenvalue weighted by Gasteiger charge is 2.21. The van der Waals surface area contributed by atoms with Gasteiger partial charge < -0.3 is 9.30 Å². The lowest BCUT2D eigenvalue weighted by atomic mass is 9.99. The standard InChI is InChI=1S/C23H23ClN4O/c24-19-5-3-4-18(16-19)17-8-11-27(12-9-17)13-10-22-25-26-23-20-6-1-2-7-21(20)29-15-14-28(22)23/h1-8,16H,9-15H2. The quantitative estimate of drug-likeness (QED) is 0.647. The maximum absolute atomic E-state index is 6.14. The zero-order chi connectivity index (χ0) is 19.6. The lowest BCUT2D eigenvalue weighted by Gasteiger charge is -2.26. The summed E-state index contributed by atoms with van der Waals surface area (Å²) in [6, 6.07) is 16.2. The number of fused-ring (bicyclic) bond motifs is 3. The minimum Gasteiger partial charge on any atom is -0.491 e. The van der Waals surface area contributed by atoms with E-state index >= 15 is 0 Å². The molecule has 0 atom stereocenters. The van der Waals surface area contributed by atoms with Gasteiger partial charge in [0.25, 0.3) is 0 Å². The summed E-state index contributed by atoms with van der Waals surface area (Å²) in [5.41, 5.74) is 3.64. The third kappa shape index (κ3) is 3.80. The molecule has 0 aliphatic carbocycles. The Kier molecular flexibility index (Phi) is 5.08. The Hall–Kier alpha value is -2.63. The summed E-state index contributed by atoms with van der Waals surface area (Å²) < 4.78 is 8.10. The van der Waals surface area contributed by atoms with Gasteiger partial charge in [-0.2, -0.15) is 0 Å². The molecule has 1 aromatic heterocycles. The van der Waals surface area contributed by atoms with E-state index < -0.39 is 0 Å². The van der Waals surface area contributed by atoms with Crippen molar-refractivity contribution in [1.29, 1.82) is 0 Å². The van der Waals surface area contributed by atoms with Crippen LogP contribution in [-0.4, -0.2) is 45.9 Å². The maximum atomic E-state index is 6.14. The van der Waals surface area contributed by atoms with E-state index in [-0.39, 0.29) is 0 Å². The predicted octanol–water partition coefficient (Wildman–Crippen LogP) is 4.32. The molecule has 148 valence electrons. The van der Waals surface area contributed by atoms with Crippen LogP contribution in [-0.2, 0) is 13.0 Å². The van der Waals surface area contributed by atoms with Crippen LogP contribution in [0.3, 0.4) is 0 Å². The Morgan fingerprint density at radius 1 is 1.03 bits per heavy atom. The van der Waals surface area contributed by atoms with E-state index in [4.69, 9.17) is 16.3 Å². The fourth-order valence-electron chi connectivity index (χ4n) is 4.10. The molecule has 0 amide bonds. The molecule has 0 bridgehead atoms. The van der Waals surface area contributed by atoms with Crippen LogP contribution in [0.1, 0.15) is 17.8 Å². The van der Waals surface area contributed by atoms with Gasteiger partial charge in [-0.15, -0.1) is 10.2 Å². The molecule has 0 saturated heterocycles. The molecule has 2 aliphatic heterocycles. The van der Waals surface area contributed by atoms with E-state index in [1.807, 2.05) is 30.3 Å². The van der Waals surface area contributed by atoms with E-state index in [0.29, 0.717) is 6.61 Å². The summed E-state index contributed by atoms with van der Waals surface area (Å²) in [4.78, 5) is 2.47. The minimum absolute atomic E-state index is 0.643. The molecule has 0 saturated carbocycles. The molecular formula is C23H23ClN4O. The largest absolute Gasteiger partial charge is 0.491 e.